The lowest BCUT2D eigenvalue weighted by Crippen LogP contribution is -2.25. The maximum absolute atomic E-state index is 5.14. The topological polar surface area (TPSA) is 25.8 Å². The van der Waals surface area contributed by atoms with E-state index in [4.69, 9.17) is 9.97 Å². The highest BCUT2D eigenvalue weighted by molar-refractivity contribution is 6.00. The van der Waals surface area contributed by atoms with E-state index in [1.54, 1.807) is 0 Å². The Balaban J connectivity index is 0.969. The maximum Gasteiger partial charge on any atom is 0.160 e. The molecular weight excluding hydrogens is 785 g/mol. The summed E-state index contributed by atoms with van der Waals surface area (Å²) in [4.78, 5) is 10.3. The van der Waals surface area contributed by atoms with E-state index >= 15 is 0 Å². The summed E-state index contributed by atoms with van der Waals surface area (Å²) >= 11 is 0. The molecule has 1 aromatic heterocycles. The molecule has 0 bridgehead atoms. The minimum atomic E-state index is -0.434. The van der Waals surface area contributed by atoms with Crippen LogP contribution in [-0.2, 0) is 5.41 Å². The zero-order valence-electron chi connectivity index (χ0n) is 35.5. The van der Waals surface area contributed by atoms with Crippen LogP contribution in [-0.4, -0.2) is 9.97 Å². The molecule has 1 spiro atoms. The number of hydrogen-bond donors (Lipinski definition) is 0. The normalized spacial score (nSPS) is 12.7. The van der Waals surface area contributed by atoms with E-state index in [2.05, 4.69) is 231 Å². The molecule has 0 unspecified atom stereocenters. The molecule has 0 saturated heterocycles. The summed E-state index contributed by atoms with van der Waals surface area (Å²) < 4.78 is 0. The van der Waals surface area contributed by atoms with Gasteiger partial charge in [-0.15, -0.1) is 0 Å². The van der Waals surface area contributed by atoms with Crippen LogP contribution in [0.5, 0.6) is 0 Å². The molecule has 1 heterocycles. The van der Waals surface area contributed by atoms with Gasteiger partial charge >= 0.3 is 0 Å². The zero-order chi connectivity index (χ0) is 42.9. The van der Waals surface area contributed by atoms with Crippen molar-refractivity contribution in [3.8, 4) is 89.5 Å². The Labute approximate surface area is 378 Å². The van der Waals surface area contributed by atoms with Crippen molar-refractivity contribution in [1.29, 1.82) is 0 Å². The SMILES string of the molecule is c1ccc(-c2cc(-c3ccccc3)nc(-c3cccc(-c4ccc(-c5cc6c(cc5-c5ccc7ccccc7c5)-c5ccccc5C65c6ccccc6-c6ccccc65)cc4)c3)n2)cc1. The van der Waals surface area contributed by atoms with Gasteiger partial charge in [-0.3, -0.25) is 0 Å². The summed E-state index contributed by atoms with van der Waals surface area (Å²) in [5.74, 6) is 0.701. The van der Waals surface area contributed by atoms with Gasteiger partial charge in [-0.1, -0.05) is 212 Å². The largest absolute Gasteiger partial charge is 0.228 e. The molecule has 302 valence electrons. The molecular formula is C63H40N2. The fraction of sp³-hybridized carbons (Fsp3) is 0.0159. The average molecular weight is 825 g/mol. The number of fused-ring (bicyclic) bond motifs is 11. The third kappa shape index (κ3) is 5.88. The molecule has 0 fully saturated rings. The van der Waals surface area contributed by atoms with Crippen molar-refractivity contribution in [2.45, 2.75) is 5.41 Å². The van der Waals surface area contributed by atoms with Gasteiger partial charge in [-0.2, -0.15) is 0 Å². The van der Waals surface area contributed by atoms with Crippen molar-refractivity contribution >= 4 is 10.8 Å². The van der Waals surface area contributed by atoms with Crippen LogP contribution in [0.2, 0.25) is 0 Å². The highest BCUT2D eigenvalue weighted by Gasteiger charge is 2.51. The van der Waals surface area contributed by atoms with Gasteiger partial charge in [0.15, 0.2) is 5.82 Å². The van der Waals surface area contributed by atoms with E-state index in [9.17, 15) is 0 Å². The van der Waals surface area contributed by atoms with Gasteiger partial charge in [0.25, 0.3) is 0 Å². The van der Waals surface area contributed by atoms with E-state index in [0.717, 1.165) is 39.2 Å². The van der Waals surface area contributed by atoms with Crippen molar-refractivity contribution in [2.24, 2.45) is 0 Å². The molecule has 0 atom stereocenters. The Hall–Kier alpha value is -8.46. The third-order valence-electron chi connectivity index (χ3n) is 13.7. The highest BCUT2D eigenvalue weighted by atomic mass is 14.9. The fourth-order valence-corrected chi connectivity index (χ4v) is 10.7. The zero-order valence-corrected chi connectivity index (χ0v) is 35.5. The molecule has 0 amide bonds. The fourth-order valence-electron chi connectivity index (χ4n) is 10.7. The Morgan fingerprint density at radius 1 is 0.231 bits per heavy atom. The van der Waals surface area contributed by atoms with E-state index in [1.165, 1.54) is 77.5 Å². The standard InChI is InChI=1S/C63H40N2/c1-3-17-44(18-4-1)60-40-61(45-19-5-2-6-20-45)65-62(64-60)49-23-15-22-47(37-49)42-30-33-43(34-31-42)54-39-59-55(38-53(54)48-35-32-41-16-7-8-21-46(41)36-48)52-26-11-14-29-58(52)63(59)56-27-12-9-24-50(56)51-25-10-13-28-57(51)63/h1-40H. The number of benzene rings is 10. The first-order chi connectivity index (χ1) is 32.2. The number of nitrogens with zero attached hydrogens (tertiary/aromatic N) is 2. The first-order valence-electron chi connectivity index (χ1n) is 22.4. The van der Waals surface area contributed by atoms with Gasteiger partial charge in [-0.25, -0.2) is 9.97 Å². The van der Waals surface area contributed by atoms with Crippen LogP contribution in [0.3, 0.4) is 0 Å². The second-order valence-corrected chi connectivity index (χ2v) is 17.2. The number of rotatable bonds is 6. The van der Waals surface area contributed by atoms with Crippen LogP contribution in [0, 0.1) is 0 Å². The number of hydrogen-bond acceptors (Lipinski definition) is 2. The molecule has 2 nitrogen and oxygen atoms in total. The van der Waals surface area contributed by atoms with Gasteiger partial charge in [0, 0.05) is 16.7 Å². The van der Waals surface area contributed by atoms with Gasteiger partial charge in [0.2, 0.25) is 0 Å². The van der Waals surface area contributed by atoms with Crippen LogP contribution in [0.4, 0.5) is 0 Å². The van der Waals surface area contributed by atoms with E-state index in [0.29, 0.717) is 5.82 Å². The lowest BCUT2D eigenvalue weighted by Gasteiger charge is -2.31. The lowest BCUT2D eigenvalue weighted by atomic mass is 9.70. The lowest BCUT2D eigenvalue weighted by molar-refractivity contribution is 0.794. The van der Waals surface area contributed by atoms with Crippen molar-refractivity contribution in [3.05, 3.63) is 265 Å². The second kappa shape index (κ2) is 14.8. The molecule has 2 aliphatic carbocycles. The molecule has 11 aromatic rings. The smallest absolute Gasteiger partial charge is 0.160 e. The first-order valence-corrected chi connectivity index (χ1v) is 22.4. The Kier molecular flexibility index (Phi) is 8.47. The summed E-state index contributed by atoms with van der Waals surface area (Å²) in [7, 11) is 0. The Bertz CT molecular complexity index is 3540. The molecule has 0 saturated carbocycles. The molecule has 10 aromatic carbocycles. The molecule has 0 radical (unpaired) electrons. The van der Waals surface area contributed by atoms with Gasteiger partial charge in [0.05, 0.1) is 16.8 Å². The van der Waals surface area contributed by atoms with Crippen LogP contribution in [0.15, 0.2) is 243 Å². The summed E-state index contributed by atoms with van der Waals surface area (Å²) in [5, 5.41) is 2.47. The van der Waals surface area contributed by atoms with Crippen molar-refractivity contribution < 1.29 is 0 Å². The predicted octanol–water partition coefficient (Wildman–Crippen LogP) is 16.0. The molecule has 0 N–H and O–H groups in total. The Morgan fingerprint density at radius 3 is 1.34 bits per heavy atom. The highest BCUT2D eigenvalue weighted by Crippen LogP contribution is 2.63. The predicted molar refractivity (Wildman–Crippen MR) is 268 cm³/mol. The summed E-state index contributed by atoms with van der Waals surface area (Å²) in [6.07, 6.45) is 0. The van der Waals surface area contributed by atoms with E-state index in [1.807, 2.05) is 12.1 Å². The van der Waals surface area contributed by atoms with E-state index in [-0.39, 0.29) is 0 Å². The summed E-state index contributed by atoms with van der Waals surface area (Å²) in [6.45, 7) is 0. The van der Waals surface area contributed by atoms with Crippen molar-refractivity contribution in [1.82, 2.24) is 9.97 Å². The Morgan fingerprint density at radius 2 is 0.708 bits per heavy atom. The average Bonchev–Trinajstić information content (AvgIpc) is 3.85. The molecule has 2 heteroatoms. The monoisotopic (exact) mass is 824 g/mol. The van der Waals surface area contributed by atoms with Gasteiger partial charge in [0.1, 0.15) is 0 Å². The van der Waals surface area contributed by atoms with Crippen molar-refractivity contribution in [3.63, 3.8) is 0 Å². The summed E-state index contributed by atoms with van der Waals surface area (Å²) in [5.41, 5.74) is 22.1. The number of aromatic nitrogens is 2. The maximum atomic E-state index is 5.14. The molecule has 13 rings (SSSR count). The molecule has 2 aliphatic rings. The quantitative estimate of drug-likeness (QED) is 0.167. The van der Waals surface area contributed by atoms with Crippen LogP contribution in [0.1, 0.15) is 22.3 Å². The summed E-state index contributed by atoms with van der Waals surface area (Å²) in [6, 6.07) is 88.4. The van der Waals surface area contributed by atoms with Crippen LogP contribution in [0.25, 0.3) is 100 Å². The second-order valence-electron chi connectivity index (χ2n) is 17.2. The van der Waals surface area contributed by atoms with E-state index < -0.39 is 5.41 Å². The van der Waals surface area contributed by atoms with Crippen molar-refractivity contribution in [2.75, 3.05) is 0 Å². The van der Waals surface area contributed by atoms with Gasteiger partial charge in [-0.05, 0) is 119 Å². The van der Waals surface area contributed by atoms with Crippen LogP contribution >= 0.6 is 0 Å². The minimum absolute atomic E-state index is 0.434. The minimum Gasteiger partial charge on any atom is -0.228 e. The van der Waals surface area contributed by atoms with Gasteiger partial charge < -0.3 is 0 Å². The molecule has 0 aliphatic heterocycles. The molecule has 65 heavy (non-hydrogen) atoms. The van der Waals surface area contributed by atoms with Crippen LogP contribution < -0.4 is 0 Å². The third-order valence-corrected chi connectivity index (χ3v) is 13.7. The first kappa shape index (κ1) is 37.1.